The first kappa shape index (κ1) is 21.9. The number of benzene rings is 1. The monoisotopic (exact) mass is 444 g/mol. The van der Waals surface area contributed by atoms with E-state index in [-0.39, 0.29) is 12.1 Å². The minimum absolute atomic E-state index is 0.0768. The average molecular weight is 445 g/mol. The summed E-state index contributed by atoms with van der Waals surface area (Å²) in [6.07, 6.45) is -0.789. The predicted octanol–water partition coefficient (Wildman–Crippen LogP) is 4.02. The zero-order valence-corrected chi connectivity index (χ0v) is 18.5. The highest BCUT2D eigenvalue weighted by Gasteiger charge is 2.23. The second-order valence-electron chi connectivity index (χ2n) is 7.84. The van der Waals surface area contributed by atoms with E-state index in [0.29, 0.717) is 12.3 Å². The smallest absolute Gasteiger partial charge is 0.278 e. The van der Waals surface area contributed by atoms with Crippen molar-refractivity contribution in [1.29, 1.82) is 0 Å². The summed E-state index contributed by atoms with van der Waals surface area (Å²) < 4.78 is 30.2. The van der Waals surface area contributed by atoms with Crippen molar-refractivity contribution in [1.82, 2.24) is 14.2 Å². The van der Waals surface area contributed by atoms with E-state index in [0.717, 1.165) is 43.1 Å². The number of anilines is 1. The van der Waals surface area contributed by atoms with E-state index in [2.05, 4.69) is 66.9 Å². The van der Waals surface area contributed by atoms with E-state index < -0.39 is 6.43 Å². The largest absolute Gasteiger partial charge is 0.304 e. The fourth-order valence-electron chi connectivity index (χ4n) is 3.44. The van der Waals surface area contributed by atoms with Crippen LogP contribution >= 0.6 is 12.1 Å². The van der Waals surface area contributed by atoms with Gasteiger partial charge in [-0.3, -0.25) is 9.29 Å². The Hall–Kier alpha value is -2.36. The highest BCUT2D eigenvalue weighted by Crippen LogP contribution is 2.29. The molecule has 164 valence electrons. The summed E-state index contributed by atoms with van der Waals surface area (Å²) in [7, 11) is 2.15. The van der Waals surface area contributed by atoms with Crippen LogP contribution in [-0.4, -0.2) is 65.3 Å². The summed E-state index contributed by atoms with van der Waals surface area (Å²) in [4.78, 5) is 6.92. The van der Waals surface area contributed by atoms with Crippen molar-refractivity contribution in [2.45, 2.75) is 26.3 Å². The van der Waals surface area contributed by atoms with Gasteiger partial charge >= 0.3 is 0 Å². The first-order valence-electron chi connectivity index (χ1n) is 10.3. The van der Waals surface area contributed by atoms with Crippen molar-refractivity contribution in [2.75, 3.05) is 37.5 Å². The van der Waals surface area contributed by atoms with Crippen LogP contribution in [0.1, 0.15) is 23.2 Å². The summed E-state index contributed by atoms with van der Waals surface area (Å²) in [5, 5.41) is 7.49. The summed E-state index contributed by atoms with van der Waals surface area (Å²) in [6.45, 7) is 6.82. The van der Waals surface area contributed by atoms with Crippen molar-refractivity contribution in [2.24, 2.45) is 10.2 Å². The molecule has 31 heavy (non-hydrogen) atoms. The standard InChI is InChI=1S/C22H26F2N6S/c1-16-4-3-5-19(12-16)30(31-29-10-8-28(2)9-11-29)15-18-7-6-17(14-25-18)20-13-21(22(23)24)27-26-20/h3-7,12,14,22H,8-11,13,15H2,1-2H3. The number of halogens is 2. The molecule has 0 radical (unpaired) electrons. The van der Waals surface area contributed by atoms with E-state index >= 15 is 0 Å². The van der Waals surface area contributed by atoms with Gasteiger partial charge < -0.3 is 4.90 Å². The van der Waals surface area contributed by atoms with Crippen LogP contribution < -0.4 is 4.31 Å². The molecule has 1 saturated heterocycles. The summed E-state index contributed by atoms with van der Waals surface area (Å²) in [5.74, 6) is 0. The number of rotatable bonds is 7. The Labute approximate surface area is 185 Å². The van der Waals surface area contributed by atoms with E-state index in [1.807, 2.05) is 12.1 Å². The molecule has 1 aromatic carbocycles. The zero-order chi connectivity index (χ0) is 21.8. The van der Waals surface area contributed by atoms with E-state index in [4.69, 9.17) is 0 Å². The molecule has 9 heteroatoms. The van der Waals surface area contributed by atoms with Gasteiger partial charge in [-0.25, -0.2) is 13.1 Å². The average Bonchev–Trinajstić information content (AvgIpc) is 3.26. The number of hydrogen-bond acceptors (Lipinski definition) is 7. The van der Waals surface area contributed by atoms with Crippen LogP contribution in [0.4, 0.5) is 14.5 Å². The molecular formula is C22H26F2N6S. The SMILES string of the molecule is Cc1cccc(N(Cc2ccc(C3=NN=C(C(F)F)C3)cn2)SN2CCN(C)CC2)c1. The van der Waals surface area contributed by atoms with Gasteiger partial charge in [-0.1, -0.05) is 12.1 Å². The Morgan fingerprint density at radius 1 is 1.10 bits per heavy atom. The molecular weight excluding hydrogens is 418 g/mol. The molecule has 0 atom stereocenters. The Morgan fingerprint density at radius 3 is 2.55 bits per heavy atom. The minimum atomic E-state index is -2.57. The van der Waals surface area contributed by atoms with Gasteiger partial charge in [-0.05, 0) is 43.8 Å². The van der Waals surface area contributed by atoms with Crippen molar-refractivity contribution < 1.29 is 8.78 Å². The van der Waals surface area contributed by atoms with E-state index in [1.165, 1.54) is 5.56 Å². The van der Waals surface area contributed by atoms with Crippen LogP contribution in [0.15, 0.2) is 52.8 Å². The third-order valence-corrected chi connectivity index (χ3v) is 6.46. The third kappa shape index (κ3) is 5.66. The summed E-state index contributed by atoms with van der Waals surface area (Å²) in [6, 6.07) is 12.3. The number of nitrogens with zero attached hydrogens (tertiary/aromatic N) is 6. The molecule has 0 N–H and O–H groups in total. The maximum atomic E-state index is 12.8. The number of likely N-dealkylation sites (N-methyl/N-ethyl adjacent to an activating group) is 1. The molecule has 0 aliphatic carbocycles. The highest BCUT2D eigenvalue weighted by atomic mass is 32.2. The maximum absolute atomic E-state index is 12.8. The lowest BCUT2D eigenvalue weighted by atomic mass is 10.1. The summed E-state index contributed by atoms with van der Waals surface area (Å²) >= 11 is 1.73. The van der Waals surface area contributed by atoms with Crippen molar-refractivity contribution >= 4 is 29.2 Å². The van der Waals surface area contributed by atoms with Gasteiger partial charge in [0.25, 0.3) is 6.43 Å². The lowest BCUT2D eigenvalue weighted by molar-refractivity contribution is 0.224. The van der Waals surface area contributed by atoms with Crippen LogP contribution in [0.25, 0.3) is 0 Å². The number of pyridine rings is 1. The highest BCUT2D eigenvalue weighted by molar-refractivity contribution is 7.98. The second-order valence-corrected chi connectivity index (χ2v) is 8.96. The quantitative estimate of drug-likeness (QED) is 0.604. The van der Waals surface area contributed by atoms with Gasteiger partial charge in [0.15, 0.2) is 0 Å². The molecule has 0 amide bonds. The van der Waals surface area contributed by atoms with Crippen LogP contribution in [0.2, 0.25) is 0 Å². The normalized spacial score (nSPS) is 17.7. The first-order chi connectivity index (χ1) is 15.0. The Bertz CT molecular complexity index is 955. The minimum Gasteiger partial charge on any atom is -0.304 e. The van der Waals surface area contributed by atoms with E-state index in [1.54, 1.807) is 18.3 Å². The van der Waals surface area contributed by atoms with Gasteiger partial charge in [-0.15, -0.1) is 0 Å². The molecule has 1 fully saturated rings. The topological polar surface area (TPSA) is 47.3 Å². The van der Waals surface area contributed by atoms with Crippen molar-refractivity contribution in [3.05, 3.63) is 59.4 Å². The number of hydrogen-bond donors (Lipinski definition) is 0. The number of aromatic nitrogens is 1. The predicted molar refractivity (Wildman–Crippen MR) is 123 cm³/mol. The fourth-order valence-corrected chi connectivity index (χ4v) is 4.45. The van der Waals surface area contributed by atoms with Gasteiger partial charge in [0.1, 0.15) is 5.71 Å². The second kappa shape index (κ2) is 9.84. The maximum Gasteiger partial charge on any atom is 0.278 e. The molecule has 1 aromatic heterocycles. The first-order valence-corrected chi connectivity index (χ1v) is 11.0. The van der Waals surface area contributed by atoms with Gasteiger partial charge in [-0.2, -0.15) is 10.2 Å². The molecule has 0 saturated carbocycles. The molecule has 2 aromatic rings. The van der Waals surface area contributed by atoms with Gasteiger partial charge in [0.2, 0.25) is 0 Å². The molecule has 0 bridgehead atoms. The van der Waals surface area contributed by atoms with Crippen molar-refractivity contribution in [3.63, 3.8) is 0 Å². The Morgan fingerprint density at radius 2 is 1.90 bits per heavy atom. The van der Waals surface area contributed by atoms with Crippen LogP contribution in [-0.2, 0) is 6.54 Å². The van der Waals surface area contributed by atoms with Gasteiger partial charge in [0, 0.05) is 62.2 Å². The van der Waals surface area contributed by atoms with Crippen LogP contribution in [0.5, 0.6) is 0 Å². The summed E-state index contributed by atoms with van der Waals surface area (Å²) in [5.41, 5.74) is 4.33. The molecule has 0 unspecified atom stereocenters. The third-order valence-electron chi connectivity index (χ3n) is 5.33. The number of alkyl halides is 2. The van der Waals surface area contributed by atoms with Gasteiger partial charge in [0.05, 0.1) is 18.0 Å². The number of piperazine rings is 1. The van der Waals surface area contributed by atoms with E-state index in [9.17, 15) is 8.78 Å². The molecule has 0 spiro atoms. The molecule has 4 rings (SSSR count). The molecule has 6 nitrogen and oxygen atoms in total. The Balaban J connectivity index is 1.46. The lowest BCUT2D eigenvalue weighted by Crippen LogP contribution is -2.42. The van der Waals surface area contributed by atoms with Crippen molar-refractivity contribution in [3.8, 4) is 0 Å². The molecule has 2 aliphatic heterocycles. The van der Waals surface area contributed by atoms with Crippen LogP contribution in [0, 0.1) is 6.92 Å². The fraction of sp³-hybridized carbons (Fsp3) is 0.409. The molecule has 3 heterocycles. The van der Waals surface area contributed by atoms with Crippen LogP contribution in [0.3, 0.4) is 0 Å². The zero-order valence-electron chi connectivity index (χ0n) is 17.7. The number of aryl methyl sites for hydroxylation is 1. The lowest BCUT2D eigenvalue weighted by Gasteiger charge is -2.35. The Kier molecular flexibility index (Phi) is 6.94. The molecule has 2 aliphatic rings.